The molecule has 16 heavy (non-hydrogen) atoms. The third kappa shape index (κ3) is 4.18. The van der Waals surface area contributed by atoms with Crippen LogP contribution in [0.5, 0.6) is 5.75 Å². The summed E-state index contributed by atoms with van der Waals surface area (Å²) < 4.78 is 19.1. The Labute approximate surface area is 102 Å². The first-order valence-corrected chi connectivity index (χ1v) is 5.77. The second-order valence-corrected chi connectivity index (χ2v) is 4.04. The third-order valence-corrected chi connectivity index (χ3v) is 2.35. The lowest BCUT2D eigenvalue weighted by Crippen LogP contribution is -2.24. The summed E-state index contributed by atoms with van der Waals surface area (Å²) in [5, 5.41) is 2.64. The van der Waals surface area contributed by atoms with E-state index in [0.29, 0.717) is 6.54 Å². The van der Waals surface area contributed by atoms with Crippen molar-refractivity contribution in [2.24, 2.45) is 0 Å². The fraction of sp³-hybridized carbons (Fsp3) is 0.364. The van der Waals surface area contributed by atoms with Gasteiger partial charge in [0.1, 0.15) is 0 Å². The third-order valence-electron chi connectivity index (χ3n) is 1.85. The molecule has 0 saturated carbocycles. The van der Waals surface area contributed by atoms with Gasteiger partial charge in [0.2, 0.25) is 5.91 Å². The smallest absolute Gasteiger partial charge is 0.223 e. The van der Waals surface area contributed by atoms with Gasteiger partial charge in [-0.15, -0.1) is 0 Å². The van der Waals surface area contributed by atoms with Crippen molar-refractivity contribution in [3.05, 3.63) is 28.5 Å². The monoisotopic (exact) mass is 289 g/mol. The number of nitrogens with one attached hydrogen (secondary N) is 1. The molecule has 0 spiro atoms. The van der Waals surface area contributed by atoms with Crippen LogP contribution in [0.1, 0.15) is 13.3 Å². The van der Waals surface area contributed by atoms with Crippen molar-refractivity contribution < 1.29 is 13.9 Å². The van der Waals surface area contributed by atoms with Crippen molar-refractivity contribution in [3.8, 4) is 5.75 Å². The molecule has 0 aliphatic heterocycles. The number of halogens is 2. The Morgan fingerprint density at radius 2 is 2.31 bits per heavy atom. The molecule has 1 N–H and O–H groups in total. The highest BCUT2D eigenvalue weighted by Crippen LogP contribution is 2.22. The molecular weight excluding hydrogens is 277 g/mol. The highest BCUT2D eigenvalue weighted by Gasteiger charge is 2.05. The first-order chi connectivity index (χ1) is 7.63. The van der Waals surface area contributed by atoms with Crippen molar-refractivity contribution in [2.45, 2.75) is 13.3 Å². The van der Waals surface area contributed by atoms with Crippen LogP contribution >= 0.6 is 15.9 Å². The average molecular weight is 290 g/mol. The van der Waals surface area contributed by atoms with Gasteiger partial charge in [0.25, 0.3) is 0 Å². The lowest BCUT2D eigenvalue weighted by atomic mass is 10.3. The molecule has 0 aromatic heterocycles. The van der Waals surface area contributed by atoms with Crippen LogP contribution in [0, 0.1) is 5.82 Å². The van der Waals surface area contributed by atoms with Crippen molar-refractivity contribution in [3.63, 3.8) is 0 Å². The first-order valence-electron chi connectivity index (χ1n) is 4.98. The molecule has 0 radical (unpaired) electrons. The van der Waals surface area contributed by atoms with Crippen LogP contribution in [-0.2, 0) is 4.79 Å². The Kier molecular flexibility index (Phi) is 5.25. The Morgan fingerprint density at radius 3 is 3.00 bits per heavy atom. The SMILES string of the molecule is CCNC(=O)CCOc1cc(Br)ccc1F. The molecule has 0 saturated heterocycles. The second kappa shape index (κ2) is 6.48. The maximum Gasteiger partial charge on any atom is 0.223 e. The molecule has 0 aliphatic carbocycles. The quantitative estimate of drug-likeness (QED) is 0.904. The lowest BCUT2D eigenvalue weighted by molar-refractivity contribution is -0.121. The summed E-state index contributed by atoms with van der Waals surface area (Å²) in [5.41, 5.74) is 0. The molecule has 0 atom stereocenters. The number of hydrogen-bond donors (Lipinski definition) is 1. The fourth-order valence-electron chi connectivity index (χ4n) is 1.13. The summed E-state index contributed by atoms with van der Waals surface area (Å²) in [5.74, 6) is -0.379. The average Bonchev–Trinajstić information content (AvgIpc) is 2.23. The molecule has 0 aliphatic rings. The Balaban J connectivity index is 2.42. The van der Waals surface area contributed by atoms with E-state index in [0.717, 1.165) is 4.47 Å². The maximum atomic E-state index is 13.2. The minimum absolute atomic E-state index is 0.0992. The van der Waals surface area contributed by atoms with Crippen LogP contribution in [0.2, 0.25) is 0 Å². The molecule has 0 heterocycles. The van der Waals surface area contributed by atoms with Crippen LogP contribution in [-0.4, -0.2) is 19.1 Å². The molecule has 0 fully saturated rings. The van der Waals surface area contributed by atoms with Gasteiger partial charge in [-0.1, -0.05) is 15.9 Å². The van der Waals surface area contributed by atoms with E-state index in [1.165, 1.54) is 12.1 Å². The second-order valence-electron chi connectivity index (χ2n) is 3.13. The summed E-state index contributed by atoms with van der Waals surface area (Å²) in [6.07, 6.45) is 0.222. The number of ether oxygens (including phenoxy) is 1. The molecule has 0 unspecified atom stereocenters. The molecule has 1 aromatic carbocycles. The predicted molar refractivity (Wildman–Crippen MR) is 62.9 cm³/mol. The van der Waals surface area contributed by atoms with Gasteiger partial charge in [0.05, 0.1) is 13.0 Å². The largest absolute Gasteiger partial charge is 0.490 e. The maximum absolute atomic E-state index is 13.2. The van der Waals surface area contributed by atoms with Crippen LogP contribution < -0.4 is 10.1 Å². The van der Waals surface area contributed by atoms with Gasteiger partial charge in [-0.25, -0.2) is 4.39 Å². The van der Waals surface area contributed by atoms with Gasteiger partial charge in [-0.2, -0.15) is 0 Å². The van der Waals surface area contributed by atoms with Gasteiger partial charge in [-0.05, 0) is 25.1 Å². The van der Waals surface area contributed by atoms with Crippen LogP contribution in [0.3, 0.4) is 0 Å². The van der Waals surface area contributed by atoms with Crippen LogP contribution in [0.15, 0.2) is 22.7 Å². The first kappa shape index (κ1) is 13.0. The van der Waals surface area contributed by atoms with Gasteiger partial charge in [-0.3, -0.25) is 4.79 Å². The zero-order valence-electron chi connectivity index (χ0n) is 8.93. The minimum atomic E-state index is -0.431. The van der Waals surface area contributed by atoms with Gasteiger partial charge in [0, 0.05) is 11.0 Å². The van der Waals surface area contributed by atoms with E-state index in [9.17, 15) is 9.18 Å². The predicted octanol–water partition coefficient (Wildman–Crippen LogP) is 2.49. The summed E-state index contributed by atoms with van der Waals surface area (Å²) in [6, 6.07) is 4.44. The van der Waals surface area contributed by atoms with E-state index in [-0.39, 0.29) is 24.7 Å². The molecule has 88 valence electrons. The van der Waals surface area contributed by atoms with E-state index in [2.05, 4.69) is 21.2 Å². The number of amides is 1. The summed E-state index contributed by atoms with van der Waals surface area (Å²) >= 11 is 3.22. The Morgan fingerprint density at radius 1 is 1.56 bits per heavy atom. The Bertz CT molecular complexity index is 371. The topological polar surface area (TPSA) is 38.3 Å². The normalized spacial score (nSPS) is 9.94. The number of hydrogen-bond acceptors (Lipinski definition) is 2. The van der Waals surface area contributed by atoms with E-state index in [1.807, 2.05) is 6.92 Å². The van der Waals surface area contributed by atoms with E-state index in [4.69, 9.17) is 4.74 Å². The summed E-state index contributed by atoms with van der Waals surface area (Å²) in [4.78, 5) is 11.1. The van der Waals surface area contributed by atoms with Crippen molar-refractivity contribution in [1.29, 1.82) is 0 Å². The van der Waals surface area contributed by atoms with Crippen LogP contribution in [0.25, 0.3) is 0 Å². The number of carbonyl (C=O) groups is 1. The minimum Gasteiger partial charge on any atom is -0.490 e. The zero-order chi connectivity index (χ0) is 12.0. The van der Waals surface area contributed by atoms with Gasteiger partial charge in [0.15, 0.2) is 11.6 Å². The van der Waals surface area contributed by atoms with Gasteiger partial charge < -0.3 is 10.1 Å². The Hall–Kier alpha value is -1.10. The molecule has 1 rings (SSSR count). The number of rotatable bonds is 5. The van der Waals surface area contributed by atoms with E-state index in [1.54, 1.807) is 6.07 Å². The van der Waals surface area contributed by atoms with Gasteiger partial charge >= 0.3 is 0 Å². The van der Waals surface area contributed by atoms with Crippen LogP contribution in [0.4, 0.5) is 4.39 Å². The van der Waals surface area contributed by atoms with Crippen molar-refractivity contribution in [2.75, 3.05) is 13.2 Å². The summed E-state index contributed by atoms with van der Waals surface area (Å²) in [6.45, 7) is 2.59. The van der Waals surface area contributed by atoms with Crippen molar-refractivity contribution >= 4 is 21.8 Å². The van der Waals surface area contributed by atoms with E-state index < -0.39 is 5.82 Å². The molecule has 1 amide bonds. The number of benzene rings is 1. The zero-order valence-corrected chi connectivity index (χ0v) is 10.5. The summed E-state index contributed by atoms with van der Waals surface area (Å²) in [7, 11) is 0. The molecular formula is C11H13BrFNO2. The fourth-order valence-corrected chi connectivity index (χ4v) is 1.47. The molecule has 3 nitrogen and oxygen atoms in total. The van der Waals surface area contributed by atoms with E-state index >= 15 is 0 Å². The molecule has 1 aromatic rings. The number of carbonyl (C=O) groups excluding carboxylic acids is 1. The molecule has 0 bridgehead atoms. The molecule has 5 heteroatoms. The standard InChI is InChI=1S/C11H13BrFNO2/c1-2-14-11(15)5-6-16-10-7-8(12)3-4-9(10)13/h3-4,7H,2,5-6H2,1H3,(H,14,15). The lowest BCUT2D eigenvalue weighted by Gasteiger charge is -2.07. The highest BCUT2D eigenvalue weighted by atomic mass is 79.9. The highest BCUT2D eigenvalue weighted by molar-refractivity contribution is 9.10. The van der Waals surface area contributed by atoms with Crippen molar-refractivity contribution in [1.82, 2.24) is 5.32 Å².